The Kier molecular flexibility index (Phi) is 4.54. The van der Waals surface area contributed by atoms with Crippen molar-refractivity contribution in [1.82, 2.24) is 19.9 Å². The molecule has 3 N–H and O–H groups in total. The molecule has 1 aliphatic carbocycles. The number of aryl methyl sites for hydroxylation is 1. The van der Waals surface area contributed by atoms with Gasteiger partial charge >= 0.3 is 0 Å². The molecule has 2 aliphatic rings. The van der Waals surface area contributed by atoms with Crippen LogP contribution in [-0.4, -0.2) is 21.1 Å². The maximum absolute atomic E-state index is 14.1. The number of hydrogen-bond acceptors (Lipinski definition) is 4. The van der Waals surface area contributed by atoms with Crippen LogP contribution in [0.15, 0.2) is 36.3 Å². The highest BCUT2D eigenvalue weighted by Crippen LogP contribution is 2.34. The van der Waals surface area contributed by atoms with Gasteiger partial charge in [0.2, 0.25) is 0 Å². The lowest BCUT2D eigenvalue weighted by Crippen LogP contribution is -2.26. The molecule has 1 atom stereocenters. The first-order valence-electron chi connectivity index (χ1n) is 10.1. The van der Waals surface area contributed by atoms with Crippen LogP contribution in [-0.2, 0) is 19.4 Å². The Morgan fingerprint density at radius 2 is 2.07 bits per heavy atom. The molecule has 1 aromatic carbocycles. The van der Waals surface area contributed by atoms with Gasteiger partial charge in [-0.05, 0) is 67.5 Å². The zero-order chi connectivity index (χ0) is 20.0. The molecule has 0 bridgehead atoms. The molecule has 0 spiro atoms. The smallest absolute Gasteiger partial charge is 0.162 e. The number of allylic oxidation sites excluding steroid dienone is 2. The van der Waals surface area contributed by atoms with Gasteiger partial charge in [-0.1, -0.05) is 11.6 Å². The van der Waals surface area contributed by atoms with Gasteiger partial charge in [0.1, 0.15) is 17.8 Å². The first kappa shape index (κ1) is 18.2. The molecule has 1 unspecified atom stereocenters. The van der Waals surface area contributed by atoms with Gasteiger partial charge in [0.05, 0.1) is 11.4 Å². The first-order valence-corrected chi connectivity index (χ1v) is 10.1. The van der Waals surface area contributed by atoms with Crippen LogP contribution in [0.4, 0.5) is 14.6 Å². The van der Waals surface area contributed by atoms with Crippen molar-refractivity contribution < 1.29 is 8.78 Å². The van der Waals surface area contributed by atoms with Gasteiger partial charge in [0.25, 0.3) is 0 Å². The lowest BCUT2D eigenvalue weighted by molar-refractivity contribution is 0.482. The summed E-state index contributed by atoms with van der Waals surface area (Å²) in [6.45, 7) is 1.30. The molecule has 0 saturated heterocycles. The van der Waals surface area contributed by atoms with E-state index in [2.05, 4.69) is 25.9 Å². The van der Waals surface area contributed by atoms with Crippen molar-refractivity contribution in [3.63, 3.8) is 0 Å². The quantitative estimate of drug-likeness (QED) is 0.659. The third kappa shape index (κ3) is 3.19. The Bertz CT molecular complexity index is 1120. The highest BCUT2D eigenvalue weighted by Gasteiger charge is 2.23. The van der Waals surface area contributed by atoms with Crippen molar-refractivity contribution in [3.05, 3.63) is 64.6 Å². The third-order valence-corrected chi connectivity index (χ3v) is 6.18. The highest BCUT2D eigenvalue weighted by atomic mass is 19.2. The fourth-order valence-electron chi connectivity index (χ4n) is 4.66. The summed E-state index contributed by atoms with van der Waals surface area (Å²) in [6.07, 6.45) is 9.90. The van der Waals surface area contributed by atoms with E-state index in [1.165, 1.54) is 18.0 Å². The van der Waals surface area contributed by atoms with Gasteiger partial charge < -0.3 is 15.6 Å². The van der Waals surface area contributed by atoms with Crippen LogP contribution in [0.3, 0.4) is 0 Å². The van der Waals surface area contributed by atoms with Gasteiger partial charge in [-0.2, -0.15) is 0 Å². The van der Waals surface area contributed by atoms with E-state index < -0.39 is 11.6 Å². The molecule has 0 radical (unpaired) electrons. The monoisotopic (exact) mass is 395 g/mol. The molecular formula is C22H23F2N5. The highest BCUT2D eigenvalue weighted by molar-refractivity contribution is 5.86. The Balaban J connectivity index is 1.36. The summed E-state index contributed by atoms with van der Waals surface area (Å²) in [5.41, 5.74) is 10.5. The van der Waals surface area contributed by atoms with Crippen LogP contribution >= 0.6 is 0 Å². The molecule has 0 fully saturated rings. The fourth-order valence-corrected chi connectivity index (χ4v) is 4.66. The average molecular weight is 395 g/mol. The van der Waals surface area contributed by atoms with Crippen LogP contribution in [0.25, 0.3) is 11.0 Å². The number of rotatable bonds is 4. The molecule has 5 nitrogen and oxygen atoms in total. The summed E-state index contributed by atoms with van der Waals surface area (Å²) in [7, 11) is 0. The summed E-state index contributed by atoms with van der Waals surface area (Å²) in [5.74, 6) is -0.908. The van der Waals surface area contributed by atoms with Crippen LogP contribution in [0.5, 0.6) is 0 Å². The Labute approximate surface area is 167 Å². The third-order valence-electron chi connectivity index (χ3n) is 6.18. The molecule has 3 aromatic rings. The van der Waals surface area contributed by atoms with Crippen molar-refractivity contribution in [3.8, 4) is 0 Å². The maximum atomic E-state index is 14.1. The lowest BCUT2D eigenvalue weighted by Gasteiger charge is -2.21. The molecular weight excluding hydrogens is 372 g/mol. The van der Waals surface area contributed by atoms with Gasteiger partial charge in [-0.3, -0.25) is 0 Å². The minimum atomic E-state index is -0.727. The van der Waals surface area contributed by atoms with Gasteiger partial charge in [-0.25, -0.2) is 18.7 Å². The number of nitrogen functional groups attached to an aromatic ring is 1. The Hall–Kier alpha value is -2.80. The molecule has 2 aromatic heterocycles. The Morgan fingerprint density at radius 3 is 2.97 bits per heavy atom. The van der Waals surface area contributed by atoms with E-state index in [1.807, 2.05) is 12.3 Å². The number of benzene rings is 1. The summed E-state index contributed by atoms with van der Waals surface area (Å²) in [6, 6.07) is 3.57. The molecule has 5 rings (SSSR count). The van der Waals surface area contributed by atoms with E-state index >= 15 is 0 Å². The second-order valence-corrected chi connectivity index (χ2v) is 7.87. The van der Waals surface area contributed by atoms with Gasteiger partial charge in [0.15, 0.2) is 11.6 Å². The number of aromatic nitrogens is 3. The van der Waals surface area contributed by atoms with Crippen molar-refractivity contribution >= 4 is 16.9 Å². The molecule has 7 heteroatoms. The largest absolute Gasteiger partial charge is 0.383 e. The normalized spacial score (nSPS) is 18.8. The number of nitrogens with zero attached hydrogens (tertiary/aromatic N) is 3. The second-order valence-electron chi connectivity index (χ2n) is 7.87. The summed E-state index contributed by atoms with van der Waals surface area (Å²) >= 11 is 0. The molecule has 0 saturated carbocycles. The number of anilines is 1. The van der Waals surface area contributed by atoms with E-state index in [1.54, 1.807) is 0 Å². The van der Waals surface area contributed by atoms with Crippen LogP contribution in [0, 0.1) is 11.6 Å². The minimum Gasteiger partial charge on any atom is -0.383 e. The number of nitrogens with one attached hydrogen (secondary N) is 1. The number of nitrogens with two attached hydrogens (primary N) is 1. The molecule has 29 heavy (non-hydrogen) atoms. The van der Waals surface area contributed by atoms with Gasteiger partial charge in [0, 0.05) is 12.7 Å². The van der Waals surface area contributed by atoms with Crippen molar-refractivity contribution in [2.75, 3.05) is 12.3 Å². The molecule has 1 aliphatic heterocycles. The van der Waals surface area contributed by atoms with E-state index in [0.29, 0.717) is 30.9 Å². The second kappa shape index (κ2) is 7.22. The fraction of sp³-hybridized carbons (Fsp3) is 0.364. The van der Waals surface area contributed by atoms with Gasteiger partial charge in [-0.15, -0.1) is 0 Å². The predicted molar refractivity (Wildman–Crippen MR) is 108 cm³/mol. The summed E-state index contributed by atoms with van der Waals surface area (Å²) in [5, 5.41) is 4.14. The zero-order valence-corrected chi connectivity index (χ0v) is 16.1. The summed E-state index contributed by atoms with van der Waals surface area (Å²) < 4.78 is 30.3. The van der Waals surface area contributed by atoms with E-state index in [-0.39, 0.29) is 6.04 Å². The molecule has 3 heterocycles. The maximum Gasteiger partial charge on any atom is 0.162 e. The number of halogens is 2. The minimum absolute atomic E-state index is 0.234. The van der Waals surface area contributed by atoms with E-state index in [9.17, 15) is 8.78 Å². The first-order chi connectivity index (χ1) is 14.1. The van der Waals surface area contributed by atoms with Crippen molar-refractivity contribution in [2.45, 2.75) is 44.7 Å². The lowest BCUT2D eigenvalue weighted by atomic mass is 9.91. The Morgan fingerprint density at radius 1 is 1.17 bits per heavy atom. The molecule has 150 valence electrons. The van der Waals surface area contributed by atoms with Crippen molar-refractivity contribution in [1.29, 1.82) is 0 Å². The summed E-state index contributed by atoms with van der Waals surface area (Å²) in [4.78, 5) is 8.44. The zero-order valence-electron chi connectivity index (χ0n) is 16.1. The van der Waals surface area contributed by atoms with Crippen LogP contribution in [0.2, 0.25) is 0 Å². The number of hydrogen-bond donors (Lipinski definition) is 2. The SMILES string of the molecule is Nc1ncnc2c1ccn2C1C=C(CCc2cc(F)c(F)c3c2CNCC3)CC1. The average Bonchev–Trinajstić information content (AvgIpc) is 3.37. The standard InChI is InChI=1S/C22H23F2N5/c23-19-10-14(18-11-26-7-5-16(18)20(19)24)3-1-13-2-4-15(9-13)29-8-6-17-21(25)27-12-28-22(17)29/h6,8-10,12,15,26H,1-5,7,11H2,(H2,25,27,28). The number of fused-ring (bicyclic) bond motifs is 2. The molecule has 0 amide bonds. The van der Waals surface area contributed by atoms with Crippen LogP contribution in [0.1, 0.15) is 42.0 Å². The predicted octanol–water partition coefficient (Wildman–Crippen LogP) is 3.83. The topological polar surface area (TPSA) is 68.8 Å². The van der Waals surface area contributed by atoms with E-state index in [4.69, 9.17) is 5.73 Å². The van der Waals surface area contributed by atoms with E-state index in [0.717, 1.165) is 47.8 Å². The van der Waals surface area contributed by atoms with Crippen LogP contribution < -0.4 is 11.1 Å². The van der Waals surface area contributed by atoms with Crippen molar-refractivity contribution in [2.24, 2.45) is 0 Å².